The van der Waals surface area contributed by atoms with E-state index in [2.05, 4.69) is 30.5 Å². The summed E-state index contributed by atoms with van der Waals surface area (Å²) in [5.41, 5.74) is 5.68. The predicted octanol–water partition coefficient (Wildman–Crippen LogP) is 2.58. The molecule has 1 aromatic rings. The van der Waals surface area contributed by atoms with E-state index in [-0.39, 0.29) is 0 Å². The number of nitrogens with two attached hydrogens (primary N) is 1. The van der Waals surface area contributed by atoms with Crippen LogP contribution in [0.15, 0.2) is 0 Å². The van der Waals surface area contributed by atoms with E-state index >= 15 is 0 Å². The first-order chi connectivity index (χ1) is 7.10. The Kier molecular flexibility index (Phi) is 4.20. The number of hydrogen-bond acceptors (Lipinski definition) is 5. The minimum absolute atomic E-state index is 0.429. The fraction of sp³-hybridized carbons (Fsp3) is 0.700. The summed E-state index contributed by atoms with van der Waals surface area (Å²) in [5.74, 6) is 1.70. The molecule has 0 aliphatic rings. The van der Waals surface area contributed by atoms with Crippen LogP contribution in [-0.2, 0) is 0 Å². The van der Waals surface area contributed by atoms with E-state index in [0.29, 0.717) is 23.5 Å². The molecule has 5 heteroatoms. The van der Waals surface area contributed by atoms with Gasteiger partial charge in [-0.05, 0) is 23.9 Å². The summed E-state index contributed by atoms with van der Waals surface area (Å²) in [7, 11) is 1.61. The highest BCUT2D eigenvalue weighted by atomic mass is 32.1. The molecular weight excluding hydrogens is 210 g/mol. The third-order valence-electron chi connectivity index (χ3n) is 2.44. The van der Waals surface area contributed by atoms with Gasteiger partial charge in [0, 0.05) is 6.04 Å². The summed E-state index contributed by atoms with van der Waals surface area (Å²) in [4.78, 5) is 0. The number of methoxy groups -OCH3 is 1. The standard InChI is InChI=1S/C10H19N3OS/c1-5-7(6(2)3)12-10-8(14-4)9(11)13-15-10/h6-7,12H,5H2,1-4H3,(H2,11,13). The van der Waals surface area contributed by atoms with Gasteiger partial charge in [-0.3, -0.25) is 0 Å². The second-order valence-corrected chi connectivity index (χ2v) is 4.61. The fourth-order valence-electron chi connectivity index (χ4n) is 1.49. The molecule has 0 aliphatic heterocycles. The topological polar surface area (TPSA) is 60.2 Å². The number of aromatic nitrogens is 1. The lowest BCUT2D eigenvalue weighted by atomic mass is 10.0. The average molecular weight is 229 g/mol. The van der Waals surface area contributed by atoms with Crippen molar-refractivity contribution in [1.29, 1.82) is 0 Å². The Labute approximate surface area is 95.0 Å². The molecule has 4 nitrogen and oxygen atoms in total. The molecule has 1 rings (SSSR count). The van der Waals surface area contributed by atoms with Crippen molar-refractivity contribution in [2.45, 2.75) is 33.2 Å². The molecule has 0 saturated heterocycles. The Bertz CT molecular complexity index is 312. The van der Waals surface area contributed by atoms with E-state index in [1.807, 2.05) is 0 Å². The average Bonchev–Trinajstić information content (AvgIpc) is 2.54. The van der Waals surface area contributed by atoms with E-state index in [1.165, 1.54) is 11.5 Å². The highest BCUT2D eigenvalue weighted by molar-refractivity contribution is 7.11. The third-order valence-corrected chi connectivity index (χ3v) is 3.21. The van der Waals surface area contributed by atoms with Gasteiger partial charge < -0.3 is 15.8 Å². The molecule has 0 saturated carbocycles. The Hall–Kier alpha value is -0.970. The van der Waals surface area contributed by atoms with E-state index in [4.69, 9.17) is 10.5 Å². The van der Waals surface area contributed by atoms with Crippen LogP contribution in [0.1, 0.15) is 27.2 Å². The van der Waals surface area contributed by atoms with Crippen LogP contribution >= 0.6 is 11.5 Å². The van der Waals surface area contributed by atoms with Gasteiger partial charge in [-0.2, -0.15) is 4.37 Å². The number of nitrogen functional groups attached to an aromatic ring is 1. The van der Waals surface area contributed by atoms with Gasteiger partial charge in [-0.1, -0.05) is 20.8 Å². The van der Waals surface area contributed by atoms with E-state index in [1.54, 1.807) is 7.11 Å². The highest BCUT2D eigenvalue weighted by Crippen LogP contribution is 2.35. The van der Waals surface area contributed by atoms with Gasteiger partial charge in [0.1, 0.15) is 0 Å². The van der Waals surface area contributed by atoms with Gasteiger partial charge in [0.2, 0.25) is 0 Å². The van der Waals surface area contributed by atoms with Gasteiger partial charge in [0.05, 0.1) is 7.11 Å². The molecule has 0 radical (unpaired) electrons. The van der Waals surface area contributed by atoms with Gasteiger partial charge in [0.15, 0.2) is 16.6 Å². The molecule has 1 unspecified atom stereocenters. The Morgan fingerprint density at radius 2 is 2.20 bits per heavy atom. The normalized spacial score (nSPS) is 12.9. The van der Waals surface area contributed by atoms with Crippen molar-refractivity contribution in [1.82, 2.24) is 4.37 Å². The lowest BCUT2D eigenvalue weighted by Crippen LogP contribution is -2.24. The molecule has 1 atom stereocenters. The first-order valence-electron chi connectivity index (χ1n) is 5.15. The maximum Gasteiger partial charge on any atom is 0.197 e. The molecule has 0 aliphatic carbocycles. The van der Waals surface area contributed by atoms with Crippen molar-refractivity contribution in [3.05, 3.63) is 0 Å². The molecule has 0 fully saturated rings. The SMILES string of the molecule is CCC(Nc1snc(N)c1OC)C(C)C. The van der Waals surface area contributed by atoms with Gasteiger partial charge in [-0.25, -0.2) is 0 Å². The number of nitrogens with zero attached hydrogens (tertiary/aromatic N) is 1. The number of rotatable bonds is 5. The minimum atomic E-state index is 0.429. The van der Waals surface area contributed by atoms with E-state index in [9.17, 15) is 0 Å². The van der Waals surface area contributed by atoms with Crippen LogP contribution in [0.25, 0.3) is 0 Å². The molecule has 0 bridgehead atoms. The summed E-state index contributed by atoms with van der Waals surface area (Å²) in [6.45, 7) is 6.55. The number of ether oxygens (including phenoxy) is 1. The molecule has 0 spiro atoms. The lowest BCUT2D eigenvalue weighted by molar-refractivity contribution is 0.417. The van der Waals surface area contributed by atoms with E-state index < -0.39 is 0 Å². The Morgan fingerprint density at radius 3 is 2.67 bits per heavy atom. The van der Waals surface area contributed by atoms with Gasteiger partial charge >= 0.3 is 0 Å². The third kappa shape index (κ3) is 2.75. The summed E-state index contributed by atoms with van der Waals surface area (Å²) in [6, 6.07) is 0.429. The summed E-state index contributed by atoms with van der Waals surface area (Å²) >= 11 is 1.35. The van der Waals surface area contributed by atoms with E-state index in [0.717, 1.165) is 11.4 Å². The van der Waals surface area contributed by atoms with Crippen molar-refractivity contribution in [2.75, 3.05) is 18.2 Å². The van der Waals surface area contributed by atoms with Gasteiger partial charge in [0.25, 0.3) is 0 Å². The van der Waals surface area contributed by atoms with Crippen molar-refractivity contribution in [2.24, 2.45) is 5.92 Å². The molecule has 0 aromatic carbocycles. The van der Waals surface area contributed by atoms with Crippen LogP contribution in [0.2, 0.25) is 0 Å². The van der Waals surface area contributed by atoms with Crippen LogP contribution in [0.5, 0.6) is 5.75 Å². The van der Waals surface area contributed by atoms with Crippen LogP contribution in [0.4, 0.5) is 10.8 Å². The Morgan fingerprint density at radius 1 is 1.53 bits per heavy atom. The molecular formula is C10H19N3OS. The molecule has 86 valence electrons. The first-order valence-corrected chi connectivity index (χ1v) is 5.93. The fourth-order valence-corrected chi connectivity index (χ4v) is 2.24. The van der Waals surface area contributed by atoms with Crippen molar-refractivity contribution in [3.63, 3.8) is 0 Å². The summed E-state index contributed by atoms with van der Waals surface area (Å²) < 4.78 is 9.27. The maximum atomic E-state index is 5.68. The Balaban J connectivity index is 2.78. The molecule has 1 heterocycles. The second-order valence-electron chi connectivity index (χ2n) is 3.83. The molecule has 0 amide bonds. The monoisotopic (exact) mass is 229 g/mol. The first kappa shape index (κ1) is 12.1. The zero-order chi connectivity index (χ0) is 11.4. The van der Waals surface area contributed by atoms with Crippen LogP contribution in [-0.4, -0.2) is 17.5 Å². The molecule has 3 N–H and O–H groups in total. The number of anilines is 2. The largest absolute Gasteiger partial charge is 0.490 e. The van der Waals surface area contributed by atoms with Crippen molar-refractivity contribution >= 4 is 22.4 Å². The smallest absolute Gasteiger partial charge is 0.197 e. The number of nitrogens with one attached hydrogen (secondary N) is 1. The van der Waals surface area contributed by atoms with Crippen LogP contribution in [0.3, 0.4) is 0 Å². The minimum Gasteiger partial charge on any atom is -0.490 e. The second kappa shape index (κ2) is 5.21. The summed E-state index contributed by atoms with van der Waals surface area (Å²) in [5, 5.41) is 4.35. The van der Waals surface area contributed by atoms with Crippen LogP contribution < -0.4 is 15.8 Å². The highest BCUT2D eigenvalue weighted by Gasteiger charge is 2.17. The predicted molar refractivity (Wildman–Crippen MR) is 65.6 cm³/mol. The molecule has 15 heavy (non-hydrogen) atoms. The van der Waals surface area contributed by atoms with Crippen molar-refractivity contribution < 1.29 is 4.74 Å². The quantitative estimate of drug-likeness (QED) is 0.814. The zero-order valence-corrected chi connectivity index (χ0v) is 10.5. The van der Waals surface area contributed by atoms with Crippen LogP contribution in [0, 0.1) is 5.92 Å². The van der Waals surface area contributed by atoms with Gasteiger partial charge in [-0.15, -0.1) is 0 Å². The maximum absolute atomic E-state index is 5.68. The lowest BCUT2D eigenvalue weighted by Gasteiger charge is -2.21. The number of hydrogen-bond donors (Lipinski definition) is 2. The van der Waals surface area contributed by atoms with Crippen molar-refractivity contribution in [3.8, 4) is 5.75 Å². The summed E-state index contributed by atoms with van der Waals surface area (Å²) in [6.07, 6.45) is 1.07. The molecule has 1 aromatic heterocycles. The zero-order valence-electron chi connectivity index (χ0n) is 9.70.